The molecule has 1 nitrogen and oxygen atoms in total. The van der Waals surface area contributed by atoms with E-state index in [0.29, 0.717) is 12.0 Å². The van der Waals surface area contributed by atoms with E-state index in [2.05, 4.69) is 66.0 Å². The van der Waals surface area contributed by atoms with E-state index in [1.54, 1.807) is 0 Å². The molecule has 0 bridgehead atoms. The first-order valence-corrected chi connectivity index (χ1v) is 6.88. The van der Waals surface area contributed by atoms with E-state index in [-0.39, 0.29) is 0 Å². The summed E-state index contributed by atoms with van der Waals surface area (Å²) in [6.07, 6.45) is 2.68. The van der Waals surface area contributed by atoms with Crippen LogP contribution in [-0.4, -0.2) is 12.6 Å². The van der Waals surface area contributed by atoms with Gasteiger partial charge in [-0.05, 0) is 11.1 Å². The topological polar surface area (TPSA) is 16.6 Å². The average molecular weight is 238 g/mol. The summed E-state index contributed by atoms with van der Waals surface area (Å²) in [5.74, 6) is 0.537. The number of hydrogen-bond donors (Lipinski definition) is 1. The van der Waals surface area contributed by atoms with Crippen LogP contribution in [0.3, 0.4) is 0 Å². The lowest BCUT2D eigenvalue weighted by molar-refractivity contribution is -0.671. The maximum Gasteiger partial charge on any atom is 0.0971 e. The van der Waals surface area contributed by atoms with E-state index in [0.717, 1.165) is 0 Å². The quantitative estimate of drug-likeness (QED) is 0.846. The van der Waals surface area contributed by atoms with Crippen molar-refractivity contribution in [1.82, 2.24) is 0 Å². The normalized spacial score (nSPS) is 19.3. The summed E-state index contributed by atoms with van der Waals surface area (Å²) in [5.41, 5.74) is 2.90. The first kappa shape index (κ1) is 11.5. The first-order chi connectivity index (χ1) is 8.95. The molecule has 0 saturated carbocycles. The van der Waals surface area contributed by atoms with Crippen LogP contribution in [0.5, 0.6) is 0 Å². The Hall–Kier alpha value is -1.60. The van der Waals surface area contributed by atoms with Gasteiger partial charge >= 0.3 is 0 Å². The van der Waals surface area contributed by atoms with Crippen LogP contribution < -0.4 is 5.32 Å². The van der Waals surface area contributed by atoms with Crippen LogP contribution in [-0.2, 0) is 0 Å². The third-order valence-corrected chi connectivity index (χ3v) is 3.96. The molecule has 0 spiro atoms. The van der Waals surface area contributed by atoms with Crippen LogP contribution in [0.2, 0.25) is 0 Å². The zero-order valence-electron chi connectivity index (χ0n) is 10.6. The lowest BCUT2D eigenvalue weighted by Gasteiger charge is -2.22. The molecular weight excluding hydrogens is 218 g/mol. The molecule has 0 radical (unpaired) electrons. The van der Waals surface area contributed by atoms with Crippen molar-refractivity contribution in [3.63, 3.8) is 0 Å². The summed E-state index contributed by atoms with van der Waals surface area (Å²) < 4.78 is 0. The first-order valence-electron chi connectivity index (χ1n) is 6.88. The Kier molecular flexibility index (Phi) is 3.42. The van der Waals surface area contributed by atoms with Gasteiger partial charge in [0.25, 0.3) is 0 Å². The van der Waals surface area contributed by atoms with Crippen molar-refractivity contribution >= 4 is 0 Å². The average Bonchev–Trinajstić information content (AvgIpc) is 2.95. The SMILES string of the molecule is c1ccc(C(c2ccccc2)[C@H]2CCC[NH2+]2)cc1. The molecule has 1 fully saturated rings. The fourth-order valence-corrected chi connectivity index (χ4v) is 3.11. The van der Waals surface area contributed by atoms with Crippen molar-refractivity contribution in [2.24, 2.45) is 0 Å². The minimum absolute atomic E-state index is 0.537. The molecule has 1 aliphatic heterocycles. The minimum atomic E-state index is 0.537. The zero-order valence-corrected chi connectivity index (χ0v) is 10.6. The van der Waals surface area contributed by atoms with Crippen LogP contribution in [0, 0.1) is 0 Å². The van der Waals surface area contributed by atoms with Gasteiger partial charge in [0.1, 0.15) is 0 Å². The number of quaternary nitrogens is 1. The van der Waals surface area contributed by atoms with Gasteiger partial charge in [0.15, 0.2) is 0 Å². The fraction of sp³-hybridized carbons (Fsp3) is 0.294. The van der Waals surface area contributed by atoms with Gasteiger partial charge in [-0.1, -0.05) is 60.7 Å². The van der Waals surface area contributed by atoms with Crippen molar-refractivity contribution in [3.8, 4) is 0 Å². The molecule has 3 rings (SSSR count). The second-order valence-corrected chi connectivity index (χ2v) is 5.13. The predicted octanol–water partition coefficient (Wildman–Crippen LogP) is 2.54. The molecule has 1 saturated heterocycles. The zero-order chi connectivity index (χ0) is 12.2. The van der Waals surface area contributed by atoms with E-state index in [4.69, 9.17) is 0 Å². The summed E-state index contributed by atoms with van der Waals surface area (Å²) in [6, 6.07) is 22.6. The second kappa shape index (κ2) is 5.36. The molecule has 2 N–H and O–H groups in total. The van der Waals surface area contributed by atoms with Gasteiger partial charge in [-0.3, -0.25) is 0 Å². The van der Waals surface area contributed by atoms with Crippen molar-refractivity contribution in [2.45, 2.75) is 24.8 Å². The highest BCUT2D eigenvalue weighted by molar-refractivity contribution is 5.33. The fourth-order valence-electron chi connectivity index (χ4n) is 3.11. The van der Waals surface area contributed by atoms with Crippen molar-refractivity contribution < 1.29 is 5.32 Å². The van der Waals surface area contributed by atoms with Crippen molar-refractivity contribution in [1.29, 1.82) is 0 Å². The van der Waals surface area contributed by atoms with Crippen molar-refractivity contribution in [2.75, 3.05) is 6.54 Å². The second-order valence-electron chi connectivity index (χ2n) is 5.13. The van der Waals surface area contributed by atoms with Gasteiger partial charge in [0, 0.05) is 12.8 Å². The molecule has 1 aliphatic rings. The van der Waals surface area contributed by atoms with Crippen LogP contribution in [0.4, 0.5) is 0 Å². The van der Waals surface area contributed by atoms with Gasteiger partial charge in [0.05, 0.1) is 18.5 Å². The monoisotopic (exact) mass is 238 g/mol. The molecule has 0 aliphatic carbocycles. The van der Waals surface area contributed by atoms with E-state index in [1.165, 1.54) is 30.5 Å². The summed E-state index contributed by atoms with van der Waals surface area (Å²) in [4.78, 5) is 0. The Labute approximate surface area is 109 Å². The van der Waals surface area contributed by atoms with Crippen LogP contribution in [0.15, 0.2) is 60.7 Å². The van der Waals surface area contributed by atoms with Gasteiger partial charge in [-0.2, -0.15) is 0 Å². The molecule has 1 atom stereocenters. The molecular formula is C17H20N+. The van der Waals surface area contributed by atoms with Gasteiger partial charge in [-0.25, -0.2) is 0 Å². The molecule has 0 amide bonds. The van der Waals surface area contributed by atoms with Crippen LogP contribution in [0.1, 0.15) is 29.9 Å². The largest absolute Gasteiger partial charge is 0.343 e. The molecule has 92 valence electrons. The van der Waals surface area contributed by atoms with Gasteiger partial charge in [-0.15, -0.1) is 0 Å². The lowest BCUT2D eigenvalue weighted by Crippen LogP contribution is -2.87. The highest BCUT2D eigenvalue weighted by atomic mass is 14.9. The minimum Gasteiger partial charge on any atom is -0.343 e. The Morgan fingerprint density at radius 3 is 1.83 bits per heavy atom. The third-order valence-electron chi connectivity index (χ3n) is 3.96. The Morgan fingerprint density at radius 2 is 1.39 bits per heavy atom. The molecule has 2 aromatic carbocycles. The summed E-state index contributed by atoms with van der Waals surface area (Å²) >= 11 is 0. The summed E-state index contributed by atoms with van der Waals surface area (Å²) in [6.45, 7) is 1.28. The molecule has 18 heavy (non-hydrogen) atoms. The lowest BCUT2D eigenvalue weighted by atomic mass is 9.84. The highest BCUT2D eigenvalue weighted by Crippen LogP contribution is 2.29. The van der Waals surface area contributed by atoms with Crippen LogP contribution in [0.25, 0.3) is 0 Å². The molecule has 0 unspecified atom stereocenters. The molecule has 0 aromatic heterocycles. The number of hydrogen-bond acceptors (Lipinski definition) is 0. The molecule has 1 heteroatoms. The van der Waals surface area contributed by atoms with Crippen molar-refractivity contribution in [3.05, 3.63) is 71.8 Å². The molecule has 2 aromatic rings. The maximum atomic E-state index is 2.52. The summed E-state index contributed by atoms with van der Waals surface area (Å²) in [7, 11) is 0. The summed E-state index contributed by atoms with van der Waals surface area (Å²) in [5, 5.41) is 2.52. The van der Waals surface area contributed by atoms with E-state index >= 15 is 0 Å². The van der Waals surface area contributed by atoms with E-state index in [1.807, 2.05) is 0 Å². The highest BCUT2D eigenvalue weighted by Gasteiger charge is 2.30. The standard InChI is InChI=1S/C17H19N/c1-3-8-14(9-4-1)17(16-12-7-13-18-16)15-10-5-2-6-11-15/h1-6,8-11,16-18H,7,12-13H2/p+1/t16-/m1/s1. The van der Waals surface area contributed by atoms with E-state index in [9.17, 15) is 0 Å². The van der Waals surface area contributed by atoms with Gasteiger partial charge in [0.2, 0.25) is 0 Å². The Morgan fingerprint density at radius 1 is 0.833 bits per heavy atom. The number of rotatable bonds is 3. The maximum absolute atomic E-state index is 2.52. The third kappa shape index (κ3) is 2.32. The Balaban J connectivity index is 1.98. The number of benzene rings is 2. The van der Waals surface area contributed by atoms with Gasteiger partial charge < -0.3 is 5.32 Å². The smallest absolute Gasteiger partial charge is 0.0971 e. The molecule has 1 heterocycles. The van der Waals surface area contributed by atoms with E-state index < -0.39 is 0 Å². The number of nitrogens with two attached hydrogens (primary N) is 1. The predicted molar refractivity (Wildman–Crippen MR) is 74.5 cm³/mol. The van der Waals surface area contributed by atoms with Crippen LogP contribution >= 0.6 is 0 Å². The Bertz CT molecular complexity index is 432.